The molecule has 13 heteroatoms. The molecule has 1 heterocycles. The number of Topliss-reactive ketones (excluding diaryl/α,β-unsaturated/α-hetero) is 1. The average Bonchev–Trinajstić information content (AvgIpc) is 3.15. The zero-order valence-corrected chi connectivity index (χ0v) is 34.5. The summed E-state index contributed by atoms with van der Waals surface area (Å²) in [6.45, 7) is 14.3. The summed E-state index contributed by atoms with van der Waals surface area (Å²) in [6, 6.07) is 15.5. The lowest BCUT2D eigenvalue weighted by Crippen LogP contribution is -2.78. The number of hydrogen-bond acceptors (Lipinski definition) is 12. The fourth-order valence-electron chi connectivity index (χ4n) is 10.1. The van der Waals surface area contributed by atoms with E-state index in [4.69, 9.17) is 28.4 Å². The Labute approximate surface area is 334 Å². The fraction of sp³-hybridized carbons (Fsp3) is 0.591. The van der Waals surface area contributed by atoms with E-state index in [1.807, 2.05) is 6.92 Å². The molecular weight excluding hydrogens is 734 g/mol. The summed E-state index contributed by atoms with van der Waals surface area (Å²) in [6.07, 6.45) is -7.63. The number of ketones is 1. The quantitative estimate of drug-likeness (QED) is 0.171. The van der Waals surface area contributed by atoms with E-state index in [2.05, 4.69) is 5.32 Å². The monoisotopic (exact) mass is 791 g/mol. The maximum Gasteiger partial charge on any atom is 0.408 e. The lowest BCUT2D eigenvalue weighted by molar-refractivity contribution is -0.316. The van der Waals surface area contributed by atoms with Gasteiger partial charge in [-0.3, -0.25) is 4.79 Å². The molecular formula is C44H57NO12. The number of methoxy groups -OCH3 is 2. The van der Waals surface area contributed by atoms with Crippen LogP contribution in [0.2, 0.25) is 0 Å². The van der Waals surface area contributed by atoms with Gasteiger partial charge in [-0.05, 0) is 63.5 Å². The highest BCUT2D eigenvalue weighted by Crippen LogP contribution is 2.66. The van der Waals surface area contributed by atoms with Crippen LogP contribution in [0.4, 0.5) is 4.79 Å². The van der Waals surface area contributed by atoms with Crippen molar-refractivity contribution in [2.45, 2.75) is 122 Å². The van der Waals surface area contributed by atoms with Gasteiger partial charge in [-0.25, -0.2) is 14.4 Å². The van der Waals surface area contributed by atoms with Crippen molar-refractivity contribution in [3.05, 3.63) is 82.9 Å². The molecule has 2 saturated carbocycles. The number of hydrogen-bond donors (Lipinski definition) is 3. The first-order valence-corrected chi connectivity index (χ1v) is 19.5. The number of rotatable bonds is 9. The van der Waals surface area contributed by atoms with E-state index in [0.717, 1.165) is 0 Å². The summed E-state index contributed by atoms with van der Waals surface area (Å²) >= 11 is 0. The van der Waals surface area contributed by atoms with Gasteiger partial charge in [-0.2, -0.15) is 0 Å². The first-order chi connectivity index (χ1) is 26.6. The van der Waals surface area contributed by atoms with Gasteiger partial charge < -0.3 is 44.0 Å². The van der Waals surface area contributed by atoms with Gasteiger partial charge in [-0.15, -0.1) is 0 Å². The lowest BCUT2D eigenvalue weighted by atomic mass is 9.42. The second-order valence-electron chi connectivity index (χ2n) is 18.0. The van der Waals surface area contributed by atoms with Crippen LogP contribution in [0.3, 0.4) is 0 Å². The van der Waals surface area contributed by atoms with Crippen molar-refractivity contribution in [1.82, 2.24) is 5.32 Å². The summed E-state index contributed by atoms with van der Waals surface area (Å²) in [5, 5.41) is 27.9. The first kappa shape index (κ1) is 42.5. The Morgan fingerprint density at radius 3 is 2.09 bits per heavy atom. The minimum absolute atomic E-state index is 0.229. The number of fused-ring (bicyclic) bond motifs is 5. The molecule has 13 nitrogen and oxygen atoms in total. The number of alkyl carbamates (subject to hydrolysis) is 1. The summed E-state index contributed by atoms with van der Waals surface area (Å²) in [7, 11) is 2.94. The SMILES string of the molecule is CO[C@H]1C(=O)[C@]2(C)[C@@H](OC)C[C@H]3OC[C@@]3(C)[C@H]2[C@H](OC(=O)c2ccccc2)[C@]2(O)C[C@H](OC(=O)[C@H](O)[C@@H](NC(=O)OC(C)(C)C)c3ccccc3)C(C)=C1C2(C)C. The van der Waals surface area contributed by atoms with Crippen LogP contribution in [0, 0.1) is 22.2 Å². The van der Waals surface area contributed by atoms with Crippen LogP contribution in [0.5, 0.6) is 0 Å². The smallest absolute Gasteiger partial charge is 0.408 e. The van der Waals surface area contributed by atoms with Crippen molar-refractivity contribution >= 4 is 23.8 Å². The third-order valence-electron chi connectivity index (χ3n) is 13.2. The number of ether oxygens (including phenoxy) is 6. The van der Waals surface area contributed by atoms with E-state index >= 15 is 4.79 Å². The summed E-state index contributed by atoms with van der Waals surface area (Å²) in [5.41, 5.74) is -4.90. The normalized spacial score (nSPS) is 34.2. The van der Waals surface area contributed by atoms with E-state index in [1.165, 1.54) is 14.2 Å². The minimum atomic E-state index is -2.02. The largest absolute Gasteiger partial charge is 0.456 e. The second-order valence-corrected chi connectivity index (χ2v) is 18.0. The van der Waals surface area contributed by atoms with E-state index < -0.39 is 88.0 Å². The second kappa shape index (κ2) is 15.2. The van der Waals surface area contributed by atoms with Crippen LogP contribution < -0.4 is 5.32 Å². The van der Waals surface area contributed by atoms with Crippen molar-refractivity contribution in [2.75, 3.05) is 20.8 Å². The predicted octanol–water partition coefficient (Wildman–Crippen LogP) is 5.27. The van der Waals surface area contributed by atoms with Gasteiger partial charge in [0.15, 0.2) is 11.9 Å². The Bertz CT molecular complexity index is 1890. The van der Waals surface area contributed by atoms with Gasteiger partial charge in [0, 0.05) is 43.8 Å². The van der Waals surface area contributed by atoms with Crippen LogP contribution in [0.15, 0.2) is 71.8 Å². The van der Waals surface area contributed by atoms with Crippen LogP contribution in [0.25, 0.3) is 0 Å². The molecule has 0 unspecified atom stereocenters. The molecule has 2 aromatic rings. The van der Waals surface area contributed by atoms with Gasteiger partial charge in [0.1, 0.15) is 29.5 Å². The molecule has 1 amide bonds. The summed E-state index contributed by atoms with van der Waals surface area (Å²) < 4.78 is 36.4. The molecule has 57 heavy (non-hydrogen) atoms. The van der Waals surface area contributed by atoms with E-state index in [-0.39, 0.29) is 30.5 Å². The van der Waals surface area contributed by atoms with Crippen molar-refractivity contribution in [2.24, 2.45) is 22.2 Å². The third-order valence-corrected chi connectivity index (χ3v) is 13.2. The third kappa shape index (κ3) is 7.09. The maximum atomic E-state index is 15.4. The van der Waals surface area contributed by atoms with Crippen LogP contribution >= 0.6 is 0 Å². The first-order valence-electron chi connectivity index (χ1n) is 19.5. The number of carbonyl (C=O) groups excluding carboxylic acids is 4. The maximum absolute atomic E-state index is 15.4. The molecule has 310 valence electrons. The van der Waals surface area contributed by atoms with Crippen molar-refractivity contribution in [1.29, 1.82) is 0 Å². The highest BCUT2D eigenvalue weighted by Gasteiger charge is 2.75. The molecule has 0 spiro atoms. The van der Waals surface area contributed by atoms with Crippen LogP contribution in [-0.4, -0.2) is 103 Å². The molecule has 1 saturated heterocycles. The van der Waals surface area contributed by atoms with Gasteiger partial charge in [0.25, 0.3) is 0 Å². The zero-order chi connectivity index (χ0) is 41.9. The zero-order valence-electron chi connectivity index (χ0n) is 34.5. The molecule has 3 fully saturated rings. The number of nitrogens with one attached hydrogen (secondary N) is 1. The highest BCUT2D eigenvalue weighted by molar-refractivity contribution is 5.94. The van der Waals surface area contributed by atoms with E-state index in [9.17, 15) is 24.6 Å². The van der Waals surface area contributed by atoms with Gasteiger partial charge >= 0.3 is 18.0 Å². The van der Waals surface area contributed by atoms with Gasteiger partial charge in [0.2, 0.25) is 0 Å². The molecule has 1 aliphatic heterocycles. The number of carbonyl (C=O) groups is 4. The standard InChI is InChI=1S/C44H57NO12/c1-24-27(55-38(49)32(46)31(25-17-13-11-14-18-25)45-39(50)57-40(2,3)4)22-44(51)36(56-37(48)26-19-15-12-16-20-26)34-42(7)23-54-28(42)21-29(52-9)43(34,8)35(47)33(53-10)30(24)41(44,5)6/h11-20,27-29,31-34,36,46,51H,21-23H2,1-10H3,(H,45,50)/t27-,28+,29-,31-,32+,33+,34+,36-,42+,43+,44+/m0/s1. The lowest BCUT2D eigenvalue weighted by Gasteiger charge is -2.68. The number of aliphatic hydroxyl groups excluding tert-OH is 1. The number of aliphatic hydroxyl groups is 2. The van der Waals surface area contributed by atoms with Crippen LogP contribution in [0.1, 0.15) is 90.2 Å². The Morgan fingerprint density at radius 1 is 0.930 bits per heavy atom. The Kier molecular flexibility index (Phi) is 11.3. The molecule has 0 radical (unpaired) electrons. The number of benzene rings is 2. The molecule has 0 aromatic heterocycles. The minimum Gasteiger partial charge on any atom is -0.456 e. The molecule has 3 N–H and O–H groups in total. The predicted molar refractivity (Wildman–Crippen MR) is 207 cm³/mol. The molecule has 6 rings (SSSR count). The molecule has 2 aromatic carbocycles. The Balaban J connectivity index is 1.48. The van der Waals surface area contributed by atoms with Crippen molar-refractivity contribution < 1.29 is 57.8 Å². The number of amides is 1. The Hall–Kier alpha value is -4.14. The van der Waals surface area contributed by atoms with Gasteiger partial charge in [0.05, 0.1) is 35.8 Å². The molecule has 11 atom stereocenters. The number of esters is 2. The van der Waals surface area contributed by atoms with Crippen LogP contribution in [-0.2, 0) is 38.0 Å². The summed E-state index contributed by atoms with van der Waals surface area (Å²) in [4.78, 5) is 56.7. The fourth-order valence-corrected chi connectivity index (χ4v) is 10.1. The molecule has 3 aliphatic carbocycles. The highest BCUT2D eigenvalue weighted by atomic mass is 16.6. The van der Waals surface area contributed by atoms with Crippen molar-refractivity contribution in [3.63, 3.8) is 0 Å². The van der Waals surface area contributed by atoms with Gasteiger partial charge in [-0.1, -0.05) is 69.3 Å². The molecule has 2 bridgehead atoms. The summed E-state index contributed by atoms with van der Waals surface area (Å²) in [5.74, 6) is -3.02. The average molecular weight is 792 g/mol. The topological polar surface area (TPSA) is 176 Å². The van der Waals surface area contributed by atoms with Crippen molar-refractivity contribution in [3.8, 4) is 0 Å². The van der Waals surface area contributed by atoms with E-state index in [1.54, 1.807) is 109 Å². The molecule has 4 aliphatic rings. The van der Waals surface area contributed by atoms with E-state index in [0.29, 0.717) is 23.1 Å². The Morgan fingerprint density at radius 2 is 1.54 bits per heavy atom.